The van der Waals surface area contributed by atoms with E-state index in [1.54, 1.807) is 0 Å². The van der Waals surface area contributed by atoms with E-state index in [-0.39, 0.29) is 0 Å². The van der Waals surface area contributed by atoms with E-state index in [4.69, 9.17) is 0 Å². The molecule has 0 radical (unpaired) electrons. The first-order valence-corrected chi connectivity index (χ1v) is 6.68. The molecule has 0 aromatic carbocycles. The first kappa shape index (κ1) is 12.1. The van der Waals surface area contributed by atoms with Crippen molar-refractivity contribution < 1.29 is 0 Å². The molecule has 1 aliphatic rings. The number of nitrogens with zero attached hydrogens (tertiary/aromatic N) is 3. The Balaban J connectivity index is 1.55. The van der Waals surface area contributed by atoms with E-state index in [1.165, 1.54) is 37.9 Å². The van der Waals surface area contributed by atoms with Crippen LogP contribution < -0.4 is 5.32 Å². The highest BCUT2D eigenvalue weighted by Crippen LogP contribution is 2.06. The Morgan fingerprint density at radius 3 is 3.12 bits per heavy atom. The van der Waals surface area contributed by atoms with Gasteiger partial charge < -0.3 is 9.88 Å². The highest BCUT2D eigenvalue weighted by molar-refractivity contribution is 5.82. The van der Waals surface area contributed by atoms with Crippen molar-refractivity contribution >= 4 is 5.84 Å². The fourth-order valence-electron chi connectivity index (χ4n) is 2.09. The first-order chi connectivity index (χ1) is 8.45. The average Bonchev–Trinajstić information content (AvgIpc) is 2.72. The maximum atomic E-state index is 4.56. The van der Waals surface area contributed by atoms with Crippen LogP contribution in [0.5, 0.6) is 0 Å². The van der Waals surface area contributed by atoms with Gasteiger partial charge in [-0.1, -0.05) is 6.42 Å². The van der Waals surface area contributed by atoms with Crippen LogP contribution in [-0.2, 0) is 6.54 Å². The van der Waals surface area contributed by atoms with Crippen molar-refractivity contribution in [2.45, 2.75) is 45.1 Å². The van der Waals surface area contributed by atoms with Gasteiger partial charge in [0, 0.05) is 38.4 Å². The van der Waals surface area contributed by atoms with Gasteiger partial charge in [-0.2, -0.15) is 0 Å². The molecule has 4 nitrogen and oxygen atoms in total. The van der Waals surface area contributed by atoms with Crippen LogP contribution in [0.25, 0.3) is 0 Å². The van der Waals surface area contributed by atoms with Crippen LogP contribution >= 0.6 is 0 Å². The van der Waals surface area contributed by atoms with Crippen LogP contribution in [0.4, 0.5) is 0 Å². The van der Waals surface area contributed by atoms with Gasteiger partial charge in [0.2, 0.25) is 0 Å². The summed E-state index contributed by atoms with van der Waals surface area (Å²) in [5.74, 6) is 1.23. The lowest BCUT2D eigenvalue weighted by Crippen LogP contribution is -2.24. The molecule has 1 aromatic rings. The molecule has 2 rings (SSSR count). The molecule has 94 valence electrons. The van der Waals surface area contributed by atoms with Gasteiger partial charge in [-0.15, -0.1) is 0 Å². The number of amidine groups is 1. The first-order valence-electron chi connectivity index (χ1n) is 6.68. The summed E-state index contributed by atoms with van der Waals surface area (Å²) in [7, 11) is 0. The van der Waals surface area contributed by atoms with Crippen molar-refractivity contribution in [2.24, 2.45) is 4.99 Å². The lowest BCUT2D eigenvalue weighted by Gasteiger charge is -2.08. The summed E-state index contributed by atoms with van der Waals surface area (Å²) in [4.78, 5) is 8.59. The van der Waals surface area contributed by atoms with Crippen molar-refractivity contribution in [1.29, 1.82) is 0 Å². The normalized spacial score (nSPS) is 16.4. The SMILES string of the molecule is c1cn(CCCCNC2=NCCCCC2)cn1. The van der Waals surface area contributed by atoms with Gasteiger partial charge in [0.25, 0.3) is 0 Å². The second kappa shape index (κ2) is 7.09. The van der Waals surface area contributed by atoms with E-state index >= 15 is 0 Å². The third-order valence-corrected chi connectivity index (χ3v) is 3.11. The zero-order chi connectivity index (χ0) is 11.8. The van der Waals surface area contributed by atoms with Crippen molar-refractivity contribution in [1.82, 2.24) is 14.9 Å². The van der Waals surface area contributed by atoms with Crippen molar-refractivity contribution in [3.8, 4) is 0 Å². The summed E-state index contributed by atoms with van der Waals surface area (Å²) >= 11 is 0. The molecule has 4 heteroatoms. The smallest absolute Gasteiger partial charge is 0.0963 e. The summed E-state index contributed by atoms with van der Waals surface area (Å²) in [6.07, 6.45) is 13.1. The maximum absolute atomic E-state index is 4.56. The Bertz CT molecular complexity index is 329. The van der Waals surface area contributed by atoms with E-state index in [2.05, 4.69) is 19.9 Å². The van der Waals surface area contributed by atoms with E-state index in [0.717, 1.165) is 26.1 Å². The molecule has 1 aliphatic heterocycles. The summed E-state index contributed by atoms with van der Waals surface area (Å²) in [5, 5.41) is 3.47. The monoisotopic (exact) mass is 234 g/mol. The zero-order valence-corrected chi connectivity index (χ0v) is 10.4. The van der Waals surface area contributed by atoms with E-state index in [1.807, 2.05) is 18.7 Å². The molecular formula is C13H22N4. The third-order valence-electron chi connectivity index (χ3n) is 3.11. The van der Waals surface area contributed by atoms with Gasteiger partial charge in [0.05, 0.1) is 12.2 Å². The van der Waals surface area contributed by atoms with Gasteiger partial charge in [0.1, 0.15) is 0 Å². The lowest BCUT2D eigenvalue weighted by molar-refractivity contribution is 0.600. The lowest BCUT2D eigenvalue weighted by atomic mass is 10.2. The van der Waals surface area contributed by atoms with Gasteiger partial charge in [-0.25, -0.2) is 4.98 Å². The summed E-state index contributed by atoms with van der Waals surface area (Å²) in [6.45, 7) is 3.12. The number of nitrogens with one attached hydrogen (secondary N) is 1. The molecule has 0 spiro atoms. The Labute approximate surface area is 103 Å². The quantitative estimate of drug-likeness (QED) is 0.794. The van der Waals surface area contributed by atoms with Crippen molar-refractivity contribution in [2.75, 3.05) is 13.1 Å². The van der Waals surface area contributed by atoms with Gasteiger partial charge in [0.15, 0.2) is 0 Å². The molecule has 2 heterocycles. The number of unbranched alkanes of at least 4 members (excludes halogenated alkanes) is 1. The number of rotatable bonds is 5. The van der Waals surface area contributed by atoms with Crippen LogP contribution in [0, 0.1) is 0 Å². The molecule has 0 fully saturated rings. The van der Waals surface area contributed by atoms with Crippen LogP contribution in [0.15, 0.2) is 23.7 Å². The second-order valence-electron chi connectivity index (χ2n) is 4.57. The maximum Gasteiger partial charge on any atom is 0.0963 e. The Kier molecular flexibility index (Phi) is 5.07. The van der Waals surface area contributed by atoms with Crippen LogP contribution in [0.2, 0.25) is 0 Å². The summed E-state index contributed by atoms with van der Waals surface area (Å²) < 4.78 is 2.13. The van der Waals surface area contributed by atoms with Gasteiger partial charge >= 0.3 is 0 Å². The largest absolute Gasteiger partial charge is 0.374 e. The highest BCUT2D eigenvalue weighted by atomic mass is 15.0. The fourth-order valence-corrected chi connectivity index (χ4v) is 2.09. The zero-order valence-electron chi connectivity index (χ0n) is 10.4. The van der Waals surface area contributed by atoms with Crippen LogP contribution in [0.1, 0.15) is 38.5 Å². The minimum Gasteiger partial charge on any atom is -0.374 e. The molecule has 0 aliphatic carbocycles. The van der Waals surface area contributed by atoms with E-state index in [0.29, 0.717) is 0 Å². The van der Waals surface area contributed by atoms with Gasteiger partial charge in [-0.05, 0) is 25.7 Å². The fraction of sp³-hybridized carbons (Fsp3) is 0.692. The number of hydrogen-bond acceptors (Lipinski definition) is 3. The van der Waals surface area contributed by atoms with Crippen LogP contribution in [0.3, 0.4) is 0 Å². The number of imidazole rings is 1. The molecule has 0 saturated heterocycles. The Hall–Kier alpha value is -1.32. The molecule has 0 bridgehead atoms. The molecule has 0 saturated carbocycles. The minimum absolute atomic E-state index is 1.01. The predicted octanol–water partition coefficient (Wildman–Crippen LogP) is 2.23. The van der Waals surface area contributed by atoms with Crippen molar-refractivity contribution in [3.05, 3.63) is 18.7 Å². The molecule has 17 heavy (non-hydrogen) atoms. The highest BCUT2D eigenvalue weighted by Gasteiger charge is 2.02. The molecular weight excluding hydrogens is 212 g/mol. The standard InChI is InChI=1S/C13H22N4/c1-2-6-13(15-7-3-1)16-8-4-5-10-17-11-9-14-12-17/h9,11-12H,1-8,10H2,(H,15,16). The summed E-state index contributed by atoms with van der Waals surface area (Å²) in [5.41, 5.74) is 0. The minimum atomic E-state index is 1.01. The van der Waals surface area contributed by atoms with Crippen LogP contribution in [-0.4, -0.2) is 28.5 Å². The van der Waals surface area contributed by atoms with Gasteiger partial charge in [-0.3, -0.25) is 4.99 Å². The Morgan fingerprint density at radius 1 is 1.24 bits per heavy atom. The van der Waals surface area contributed by atoms with Crippen molar-refractivity contribution in [3.63, 3.8) is 0 Å². The predicted molar refractivity (Wildman–Crippen MR) is 70.2 cm³/mol. The third kappa shape index (κ3) is 4.59. The number of aryl methyl sites for hydroxylation is 1. The number of hydrogen-bond donors (Lipinski definition) is 1. The molecule has 1 N–H and O–H groups in total. The number of aliphatic imine (C=N–C) groups is 1. The topological polar surface area (TPSA) is 42.2 Å². The van der Waals surface area contributed by atoms with E-state index in [9.17, 15) is 0 Å². The average molecular weight is 234 g/mol. The summed E-state index contributed by atoms with van der Waals surface area (Å²) in [6, 6.07) is 0. The molecule has 0 unspecified atom stereocenters. The molecule has 0 atom stereocenters. The molecule has 1 aromatic heterocycles. The number of aromatic nitrogens is 2. The van der Waals surface area contributed by atoms with E-state index < -0.39 is 0 Å². The Morgan fingerprint density at radius 2 is 2.24 bits per heavy atom. The molecule has 0 amide bonds. The second-order valence-corrected chi connectivity index (χ2v) is 4.57.